The smallest absolute Gasteiger partial charge is 0.320 e. The fourth-order valence-electron chi connectivity index (χ4n) is 2.47. The number of nitrogens with one attached hydrogen (secondary N) is 1. The van der Waals surface area contributed by atoms with Gasteiger partial charge >= 0.3 is 12.2 Å². The second kappa shape index (κ2) is 6.64. The monoisotopic (exact) mass is 330 g/mol. The van der Waals surface area contributed by atoms with Crippen molar-refractivity contribution in [2.75, 3.05) is 18.4 Å². The zero-order chi connectivity index (χ0) is 17.2. The Labute approximate surface area is 133 Å². The summed E-state index contributed by atoms with van der Waals surface area (Å²) < 4.78 is 39.6. The summed E-state index contributed by atoms with van der Waals surface area (Å²) in [6, 6.07) is -0.192. The number of nitrogens with zero attached hydrogens (tertiary/aromatic N) is 3. The van der Waals surface area contributed by atoms with E-state index in [1.807, 2.05) is 25.5 Å². The van der Waals surface area contributed by atoms with Crippen LogP contribution in [0.4, 0.5) is 23.7 Å². The van der Waals surface area contributed by atoms with Crippen LogP contribution >= 0.6 is 0 Å². The summed E-state index contributed by atoms with van der Waals surface area (Å²) in [7, 11) is 0. The maximum atomic E-state index is 12.6. The van der Waals surface area contributed by atoms with Crippen molar-refractivity contribution >= 4 is 11.7 Å². The molecule has 2 amide bonds. The minimum absolute atomic E-state index is 0.0424. The van der Waals surface area contributed by atoms with Crippen LogP contribution in [0.2, 0.25) is 0 Å². The van der Waals surface area contributed by atoms with Crippen LogP contribution < -0.4 is 5.32 Å². The second-order valence-corrected chi connectivity index (χ2v) is 5.70. The van der Waals surface area contributed by atoms with E-state index in [9.17, 15) is 18.0 Å². The van der Waals surface area contributed by atoms with Gasteiger partial charge in [0.05, 0.1) is 17.6 Å². The SMILES string of the molecule is CCC(C)n1ncc(NC(=O)N2CC=C(C(F)(F)F)CC2)c1C. The molecule has 2 heterocycles. The summed E-state index contributed by atoms with van der Waals surface area (Å²) in [6.45, 7) is 5.93. The Morgan fingerprint density at radius 2 is 2.17 bits per heavy atom. The molecule has 1 aromatic heterocycles. The lowest BCUT2D eigenvalue weighted by Gasteiger charge is -2.27. The lowest BCUT2D eigenvalue weighted by molar-refractivity contribution is -0.0955. The third kappa shape index (κ3) is 3.86. The van der Waals surface area contributed by atoms with Gasteiger partial charge in [-0.2, -0.15) is 18.3 Å². The number of rotatable bonds is 3. The Balaban J connectivity index is 2.01. The van der Waals surface area contributed by atoms with Crippen molar-refractivity contribution in [2.45, 2.75) is 45.8 Å². The van der Waals surface area contributed by atoms with Crippen LogP contribution in [0.3, 0.4) is 0 Å². The molecule has 2 rings (SSSR count). The Morgan fingerprint density at radius 1 is 1.48 bits per heavy atom. The molecule has 1 unspecified atom stereocenters. The third-order valence-corrected chi connectivity index (χ3v) is 4.16. The van der Waals surface area contributed by atoms with Crippen LogP contribution in [-0.4, -0.2) is 40.0 Å². The van der Waals surface area contributed by atoms with Crippen molar-refractivity contribution in [1.82, 2.24) is 14.7 Å². The Bertz CT molecular complexity index is 606. The molecule has 1 aromatic rings. The first-order valence-electron chi connectivity index (χ1n) is 7.60. The number of alkyl halides is 3. The molecule has 23 heavy (non-hydrogen) atoms. The van der Waals surface area contributed by atoms with E-state index >= 15 is 0 Å². The van der Waals surface area contributed by atoms with Crippen LogP contribution in [0, 0.1) is 6.92 Å². The van der Waals surface area contributed by atoms with Crippen molar-refractivity contribution < 1.29 is 18.0 Å². The van der Waals surface area contributed by atoms with Crippen molar-refractivity contribution in [3.8, 4) is 0 Å². The predicted octanol–water partition coefficient (Wildman–Crippen LogP) is 3.89. The number of carbonyl (C=O) groups is 1. The van der Waals surface area contributed by atoms with Gasteiger partial charge < -0.3 is 10.2 Å². The fraction of sp³-hybridized carbons (Fsp3) is 0.600. The molecule has 0 saturated heterocycles. The zero-order valence-electron chi connectivity index (χ0n) is 13.4. The first-order valence-corrected chi connectivity index (χ1v) is 7.60. The maximum absolute atomic E-state index is 12.6. The number of hydrogen-bond donors (Lipinski definition) is 1. The van der Waals surface area contributed by atoms with Crippen molar-refractivity contribution in [2.24, 2.45) is 0 Å². The molecule has 0 aromatic carbocycles. The second-order valence-electron chi connectivity index (χ2n) is 5.70. The van der Waals surface area contributed by atoms with E-state index < -0.39 is 17.8 Å². The van der Waals surface area contributed by atoms with E-state index in [1.54, 1.807) is 6.20 Å². The van der Waals surface area contributed by atoms with Gasteiger partial charge in [0.2, 0.25) is 0 Å². The Morgan fingerprint density at radius 3 is 2.70 bits per heavy atom. The summed E-state index contributed by atoms with van der Waals surface area (Å²) in [5.74, 6) is 0. The van der Waals surface area contributed by atoms with E-state index in [-0.39, 0.29) is 25.6 Å². The van der Waals surface area contributed by atoms with E-state index in [0.717, 1.165) is 18.2 Å². The van der Waals surface area contributed by atoms with Gasteiger partial charge in [-0.1, -0.05) is 13.0 Å². The van der Waals surface area contributed by atoms with E-state index in [0.29, 0.717) is 5.69 Å². The molecule has 0 spiro atoms. The molecule has 8 heteroatoms. The van der Waals surface area contributed by atoms with Gasteiger partial charge in [0.1, 0.15) is 0 Å². The number of urea groups is 1. The van der Waals surface area contributed by atoms with Crippen molar-refractivity contribution in [1.29, 1.82) is 0 Å². The maximum Gasteiger partial charge on any atom is 0.412 e. The first-order chi connectivity index (χ1) is 10.7. The molecule has 1 atom stereocenters. The highest BCUT2D eigenvalue weighted by atomic mass is 19.4. The molecule has 5 nitrogen and oxygen atoms in total. The van der Waals surface area contributed by atoms with Gasteiger partial charge in [-0.15, -0.1) is 0 Å². The van der Waals surface area contributed by atoms with Crippen LogP contribution in [0.25, 0.3) is 0 Å². The minimum atomic E-state index is -4.31. The van der Waals surface area contributed by atoms with Crippen LogP contribution in [0.15, 0.2) is 17.8 Å². The third-order valence-electron chi connectivity index (χ3n) is 4.16. The zero-order valence-corrected chi connectivity index (χ0v) is 13.4. The quantitative estimate of drug-likeness (QED) is 0.855. The lowest BCUT2D eigenvalue weighted by Crippen LogP contribution is -2.39. The van der Waals surface area contributed by atoms with Gasteiger partial charge in [-0.25, -0.2) is 4.79 Å². The number of halogens is 3. The first kappa shape index (κ1) is 17.4. The standard InChI is InChI=1S/C15H21F3N4O/c1-4-10(2)22-11(3)13(9-19-22)20-14(23)21-7-5-12(6-8-21)15(16,17)18/h5,9-10H,4,6-8H2,1-3H3,(H,20,23). The van der Waals surface area contributed by atoms with E-state index in [1.165, 1.54) is 4.90 Å². The van der Waals surface area contributed by atoms with E-state index in [4.69, 9.17) is 0 Å². The molecular formula is C15H21F3N4O. The highest BCUT2D eigenvalue weighted by molar-refractivity contribution is 5.90. The predicted molar refractivity (Wildman–Crippen MR) is 81.3 cm³/mol. The summed E-state index contributed by atoms with van der Waals surface area (Å²) >= 11 is 0. The Hall–Kier alpha value is -1.99. The highest BCUT2D eigenvalue weighted by Crippen LogP contribution is 2.30. The van der Waals surface area contributed by atoms with Gasteiger partial charge in [0.25, 0.3) is 0 Å². The molecule has 1 aliphatic rings. The fourth-order valence-corrected chi connectivity index (χ4v) is 2.47. The molecule has 128 valence electrons. The average molecular weight is 330 g/mol. The van der Waals surface area contributed by atoms with Gasteiger partial charge in [-0.05, 0) is 26.7 Å². The number of amides is 2. The topological polar surface area (TPSA) is 50.2 Å². The molecule has 1 N–H and O–H groups in total. The molecule has 0 saturated carbocycles. The number of aromatic nitrogens is 2. The number of hydrogen-bond acceptors (Lipinski definition) is 2. The van der Waals surface area contributed by atoms with Crippen molar-refractivity contribution in [3.05, 3.63) is 23.5 Å². The van der Waals surface area contributed by atoms with Gasteiger partial charge in [-0.3, -0.25) is 4.68 Å². The number of anilines is 1. The minimum Gasteiger partial charge on any atom is -0.320 e. The van der Waals surface area contributed by atoms with Crippen LogP contribution in [0.1, 0.15) is 38.4 Å². The van der Waals surface area contributed by atoms with Crippen molar-refractivity contribution in [3.63, 3.8) is 0 Å². The summed E-state index contributed by atoms with van der Waals surface area (Å²) in [6.07, 6.45) is -0.940. The molecule has 0 fully saturated rings. The summed E-state index contributed by atoms with van der Waals surface area (Å²) in [5.41, 5.74) is 0.847. The van der Waals surface area contributed by atoms with Gasteiger partial charge in [0.15, 0.2) is 0 Å². The molecule has 0 bridgehead atoms. The largest absolute Gasteiger partial charge is 0.412 e. The van der Waals surface area contributed by atoms with Crippen LogP contribution in [0.5, 0.6) is 0 Å². The van der Waals surface area contributed by atoms with Crippen LogP contribution in [-0.2, 0) is 0 Å². The molecule has 0 radical (unpaired) electrons. The summed E-state index contributed by atoms with van der Waals surface area (Å²) in [5, 5.41) is 6.98. The normalized spacial score (nSPS) is 17.0. The molecule has 0 aliphatic carbocycles. The molecular weight excluding hydrogens is 309 g/mol. The lowest BCUT2D eigenvalue weighted by atomic mass is 10.1. The van der Waals surface area contributed by atoms with Gasteiger partial charge in [0, 0.05) is 24.7 Å². The van der Waals surface area contributed by atoms with E-state index in [2.05, 4.69) is 10.4 Å². The average Bonchev–Trinajstić information content (AvgIpc) is 2.87. The highest BCUT2D eigenvalue weighted by Gasteiger charge is 2.35. The number of carbonyl (C=O) groups excluding carboxylic acids is 1. The Kier molecular flexibility index (Phi) is 5.01. The summed E-state index contributed by atoms with van der Waals surface area (Å²) in [4.78, 5) is 13.5. The molecule has 1 aliphatic heterocycles.